The maximum Gasteiger partial charge on any atom is 0.219 e. The summed E-state index contributed by atoms with van der Waals surface area (Å²) in [6.07, 6.45) is 19.2. The average molecular weight is 395 g/mol. The Kier molecular flexibility index (Phi) is 8.09. The Morgan fingerprint density at radius 3 is 2.59 bits per heavy atom. The van der Waals surface area contributed by atoms with Crippen molar-refractivity contribution in [3.63, 3.8) is 0 Å². The first-order valence-corrected chi connectivity index (χ1v) is 11.6. The van der Waals surface area contributed by atoms with Crippen molar-refractivity contribution in [2.75, 3.05) is 6.61 Å². The number of allylic oxidation sites excluding steroid dienone is 5. The van der Waals surface area contributed by atoms with Gasteiger partial charge in [0.25, 0.3) is 0 Å². The van der Waals surface area contributed by atoms with Crippen LogP contribution in [0, 0.1) is 18.8 Å². The lowest BCUT2D eigenvalue weighted by molar-refractivity contribution is 0.279. The number of aromatic nitrogens is 2. The van der Waals surface area contributed by atoms with Gasteiger partial charge in [0, 0.05) is 17.7 Å². The highest BCUT2D eigenvalue weighted by atomic mass is 16.5. The second-order valence-corrected chi connectivity index (χ2v) is 8.69. The van der Waals surface area contributed by atoms with Crippen molar-refractivity contribution in [2.45, 2.75) is 85.0 Å². The smallest absolute Gasteiger partial charge is 0.219 e. The van der Waals surface area contributed by atoms with Crippen molar-refractivity contribution in [1.82, 2.24) is 9.97 Å². The molecule has 0 aromatic carbocycles. The normalized spacial score (nSPS) is 22.6. The molecule has 2 aliphatic carbocycles. The number of ether oxygens (including phenoxy) is 1. The molecule has 2 fully saturated rings. The standard InChI is InChI=1S/C26H38N2O/c1-5-19(3)24(15-14-21-12-10-8-7-9-11-13-21)25-16-23(25)18-29-26-22(6-2)17-27-20(4)28-26/h14-15,17,23,25H,3,5-13,16,18H2,1-2,4H3. The van der Waals surface area contributed by atoms with E-state index in [9.17, 15) is 0 Å². The molecule has 2 saturated carbocycles. The second kappa shape index (κ2) is 10.8. The Morgan fingerprint density at radius 2 is 1.90 bits per heavy atom. The fourth-order valence-electron chi connectivity index (χ4n) is 4.28. The molecule has 2 aliphatic rings. The summed E-state index contributed by atoms with van der Waals surface area (Å²) in [5.74, 6) is 2.69. The van der Waals surface area contributed by atoms with Crippen LogP contribution in [0.25, 0.3) is 0 Å². The van der Waals surface area contributed by atoms with Gasteiger partial charge >= 0.3 is 0 Å². The van der Waals surface area contributed by atoms with E-state index in [1.165, 1.54) is 62.5 Å². The molecule has 0 spiro atoms. The molecule has 0 bridgehead atoms. The number of aryl methyl sites for hydroxylation is 2. The molecule has 0 aliphatic heterocycles. The van der Waals surface area contributed by atoms with Gasteiger partial charge in [0.1, 0.15) is 5.82 Å². The van der Waals surface area contributed by atoms with Crippen molar-refractivity contribution in [1.29, 1.82) is 0 Å². The first kappa shape index (κ1) is 21.8. The van der Waals surface area contributed by atoms with Crippen LogP contribution in [0.5, 0.6) is 5.88 Å². The third-order valence-electron chi connectivity index (χ3n) is 6.41. The van der Waals surface area contributed by atoms with Gasteiger partial charge in [-0.25, -0.2) is 4.98 Å². The van der Waals surface area contributed by atoms with Crippen LogP contribution >= 0.6 is 0 Å². The molecular weight excluding hydrogens is 356 g/mol. The van der Waals surface area contributed by atoms with Crippen molar-refractivity contribution >= 4 is 0 Å². The largest absolute Gasteiger partial charge is 0.477 e. The van der Waals surface area contributed by atoms with Crippen LogP contribution < -0.4 is 4.74 Å². The minimum Gasteiger partial charge on any atom is -0.477 e. The van der Waals surface area contributed by atoms with Crippen LogP contribution in [-0.2, 0) is 6.42 Å². The van der Waals surface area contributed by atoms with E-state index in [2.05, 4.69) is 42.5 Å². The summed E-state index contributed by atoms with van der Waals surface area (Å²) >= 11 is 0. The zero-order chi connectivity index (χ0) is 20.6. The van der Waals surface area contributed by atoms with Gasteiger partial charge in [0.15, 0.2) is 0 Å². The van der Waals surface area contributed by atoms with Crippen LogP contribution in [-0.4, -0.2) is 16.6 Å². The van der Waals surface area contributed by atoms with Gasteiger partial charge in [-0.05, 0) is 63.4 Å². The molecule has 29 heavy (non-hydrogen) atoms. The summed E-state index contributed by atoms with van der Waals surface area (Å²) in [5, 5.41) is 0. The van der Waals surface area contributed by atoms with Crippen molar-refractivity contribution in [3.8, 4) is 5.88 Å². The van der Waals surface area contributed by atoms with Crippen molar-refractivity contribution < 1.29 is 4.74 Å². The van der Waals surface area contributed by atoms with Gasteiger partial charge < -0.3 is 4.74 Å². The monoisotopic (exact) mass is 394 g/mol. The molecular formula is C26H38N2O. The molecule has 0 radical (unpaired) electrons. The van der Waals surface area contributed by atoms with Gasteiger partial charge in [-0.15, -0.1) is 0 Å². The quantitative estimate of drug-likeness (QED) is 0.449. The summed E-state index contributed by atoms with van der Waals surface area (Å²) in [6, 6.07) is 0. The minimum atomic E-state index is 0.570. The molecule has 1 aromatic rings. The Hall–Kier alpha value is -1.90. The summed E-state index contributed by atoms with van der Waals surface area (Å²) in [5.41, 5.74) is 5.46. The van der Waals surface area contributed by atoms with Gasteiger partial charge in [-0.2, -0.15) is 4.98 Å². The van der Waals surface area contributed by atoms with E-state index in [0.717, 1.165) is 36.7 Å². The molecule has 3 heteroatoms. The molecule has 3 rings (SSSR count). The zero-order valence-electron chi connectivity index (χ0n) is 18.7. The van der Waals surface area contributed by atoms with Crippen LogP contribution in [0.15, 0.2) is 41.6 Å². The summed E-state index contributed by atoms with van der Waals surface area (Å²) < 4.78 is 6.13. The van der Waals surface area contributed by atoms with Crippen LogP contribution in [0.1, 0.15) is 83.0 Å². The number of rotatable bonds is 8. The van der Waals surface area contributed by atoms with Crippen molar-refractivity contribution in [3.05, 3.63) is 53.0 Å². The van der Waals surface area contributed by atoms with E-state index in [-0.39, 0.29) is 0 Å². The Balaban J connectivity index is 1.63. The molecule has 158 valence electrons. The first-order chi connectivity index (χ1) is 14.1. The maximum atomic E-state index is 6.13. The van der Waals surface area contributed by atoms with Crippen LogP contribution in [0.4, 0.5) is 0 Å². The number of hydrogen-bond acceptors (Lipinski definition) is 3. The number of nitrogens with zero attached hydrogens (tertiary/aromatic N) is 2. The Morgan fingerprint density at radius 1 is 1.17 bits per heavy atom. The fraction of sp³-hybridized carbons (Fsp3) is 0.615. The SMILES string of the molecule is C=C(CC)C(=CC=C1CCCCCCC1)C1CC1COc1nc(C)ncc1CC. The maximum absolute atomic E-state index is 6.13. The third-order valence-corrected chi connectivity index (χ3v) is 6.41. The van der Waals surface area contributed by atoms with Gasteiger partial charge in [-0.1, -0.05) is 63.0 Å². The Labute approximate surface area is 177 Å². The molecule has 0 amide bonds. The predicted molar refractivity (Wildman–Crippen MR) is 121 cm³/mol. The van der Waals surface area contributed by atoms with E-state index < -0.39 is 0 Å². The van der Waals surface area contributed by atoms with Crippen LogP contribution in [0.2, 0.25) is 0 Å². The topological polar surface area (TPSA) is 35.0 Å². The summed E-state index contributed by atoms with van der Waals surface area (Å²) in [4.78, 5) is 8.80. The molecule has 2 atom stereocenters. The average Bonchev–Trinajstić information content (AvgIpc) is 3.47. The summed E-state index contributed by atoms with van der Waals surface area (Å²) in [7, 11) is 0. The van der Waals surface area contributed by atoms with Crippen LogP contribution in [0.3, 0.4) is 0 Å². The summed E-state index contributed by atoms with van der Waals surface area (Å²) in [6.45, 7) is 11.4. The van der Waals surface area contributed by atoms with E-state index in [1.807, 2.05) is 13.1 Å². The van der Waals surface area contributed by atoms with Gasteiger partial charge in [-0.3, -0.25) is 0 Å². The second-order valence-electron chi connectivity index (χ2n) is 8.69. The van der Waals surface area contributed by atoms with E-state index in [0.29, 0.717) is 11.8 Å². The lowest BCUT2D eigenvalue weighted by Crippen LogP contribution is -2.07. The minimum absolute atomic E-state index is 0.570. The fourth-order valence-corrected chi connectivity index (χ4v) is 4.28. The first-order valence-electron chi connectivity index (χ1n) is 11.6. The van der Waals surface area contributed by atoms with Gasteiger partial charge in [0.05, 0.1) is 6.61 Å². The molecule has 0 saturated heterocycles. The molecule has 3 nitrogen and oxygen atoms in total. The van der Waals surface area contributed by atoms with E-state index >= 15 is 0 Å². The van der Waals surface area contributed by atoms with Crippen molar-refractivity contribution in [2.24, 2.45) is 11.8 Å². The lowest BCUT2D eigenvalue weighted by atomic mass is 9.94. The highest BCUT2D eigenvalue weighted by molar-refractivity contribution is 5.38. The highest BCUT2D eigenvalue weighted by Crippen LogP contribution is 2.47. The molecule has 1 aromatic heterocycles. The lowest BCUT2D eigenvalue weighted by Gasteiger charge is -2.13. The van der Waals surface area contributed by atoms with Gasteiger partial charge in [0.2, 0.25) is 5.88 Å². The molecule has 2 unspecified atom stereocenters. The Bertz CT molecular complexity index is 752. The third kappa shape index (κ3) is 6.29. The number of hydrogen-bond donors (Lipinski definition) is 0. The van der Waals surface area contributed by atoms with E-state index in [4.69, 9.17) is 4.74 Å². The predicted octanol–water partition coefficient (Wildman–Crippen LogP) is 6.93. The molecule has 1 heterocycles. The zero-order valence-corrected chi connectivity index (χ0v) is 18.7. The van der Waals surface area contributed by atoms with E-state index in [1.54, 1.807) is 5.57 Å². The highest BCUT2D eigenvalue weighted by Gasteiger charge is 2.40. The molecule has 0 N–H and O–H groups in total.